The Hall–Kier alpha value is -1.10. The largest absolute Gasteiger partial charge is 0.488 e. The van der Waals surface area contributed by atoms with Crippen LogP contribution in [0.25, 0.3) is 0 Å². The number of halogens is 3. The van der Waals surface area contributed by atoms with E-state index in [0.29, 0.717) is 29.3 Å². The van der Waals surface area contributed by atoms with E-state index in [2.05, 4.69) is 15.9 Å². The molecule has 0 aliphatic rings. The van der Waals surface area contributed by atoms with Crippen LogP contribution in [0.2, 0.25) is 5.02 Å². The monoisotopic (exact) mass is 357 g/mol. The van der Waals surface area contributed by atoms with Crippen LogP contribution in [0.5, 0.6) is 5.75 Å². The van der Waals surface area contributed by atoms with Gasteiger partial charge in [0.25, 0.3) is 0 Å². The Kier molecular flexibility index (Phi) is 5.40. The number of hydrogen-bond donors (Lipinski definition) is 1. The summed E-state index contributed by atoms with van der Waals surface area (Å²) in [5.41, 5.74) is 6.91. The fraction of sp³-hybridized carbons (Fsp3) is 0.200. The fourth-order valence-electron chi connectivity index (χ4n) is 1.87. The molecule has 0 bridgehead atoms. The lowest BCUT2D eigenvalue weighted by atomic mass is 10.1. The Morgan fingerprint density at radius 2 is 2.05 bits per heavy atom. The standard InChI is InChI=1S/C15H14BrClFNO/c16-11-4-5-14(18)10(8-11)9-20-15-3-1-2-13(17)12(15)6-7-19/h1-5,8H,6-7,9,19H2. The van der Waals surface area contributed by atoms with Crippen LogP contribution < -0.4 is 10.5 Å². The summed E-state index contributed by atoms with van der Waals surface area (Å²) in [6, 6.07) is 10.2. The second-order valence-corrected chi connectivity index (χ2v) is 5.60. The van der Waals surface area contributed by atoms with E-state index in [1.54, 1.807) is 24.3 Å². The summed E-state index contributed by atoms with van der Waals surface area (Å²) in [7, 11) is 0. The van der Waals surface area contributed by atoms with Crippen molar-refractivity contribution in [3.05, 3.63) is 62.8 Å². The first kappa shape index (κ1) is 15.3. The molecule has 0 atom stereocenters. The first-order chi connectivity index (χ1) is 9.61. The molecule has 0 unspecified atom stereocenters. The average molecular weight is 359 g/mol. The molecule has 2 rings (SSSR count). The van der Waals surface area contributed by atoms with E-state index >= 15 is 0 Å². The van der Waals surface area contributed by atoms with Crippen LogP contribution in [0.4, 0.5) is 4.39 Å². The van der Waals surface area contributed by atoms with E-state index in [1.807, 2.05) is 6.07 Å². The molecule has 0 heterocycles. The van der Waals surface area contributed by atoms with E-state index in [4.69, 9.17) is 22.1 Å². The zero-order chi connectivity index (χ0) is 14.5. The molecular formula is C15H14BrClFNO. The molecule has 0 radical (unpaired) electrons. The highest BCUT2D eigenvalue weighted by atomic mass is 79.9. The number of nitrogens with two attached hydrogens (primary N) is 1. The zero-order valence-electron chi connectivity index (χ0n) is 10.7. The van der Waals surface area contributed by atoms with E-state index in [0.717, 1.165) is 10.0 Å². The van der Waals surface area contributed by atoms with Gasteiger partial charge in [0.2, 0.25) is 0 Å². The second-order valence-electron chi connectivity index (χ2n) is 4.28. The number of hydrogen-bond acceptors (Lipinski definition) is 2. The third kappa shape index (κ3) is 3.72. The molecule has 0 fully saturated rings. The summed E-state index contributed by atoms with van der Waals surface area (Å²) in [5, 5.41) is 0.614. The number of benzene rings is 2. The fourth-order valence-corrected chi connectivity index (χ4v) is 2.54. The van der Waals surface area contributed by atoms with Gasteiger partial charge in [-0.15, -0.1) is 0 Å². The minimum Gasteiger partial charge on any atom is -0.488 e. The lowest BCUT2D eigenvalue weighted by Gasteiger charge is -2.13. The van der Waals surface area contributed by atoms with E-state index in [9.17, 15) is 4.39 Å². The molecule has 106 valence electrons. The lowest BCUT2D eigenvalue weighted by Crippen LogP contribution is -2.06. The Bertz CT molecular complexity index is 606. The summed E-state index contributed by atoms with van der Waals surface area (Å²) in [6.45, 7) is 0.620. The predicted molar refractivity (Wildman–Crippen MR) is 82.6 cm³/mol. The Morgan fingerprint density at radius 3 is 2.80 bits per heavy atom. The summed E-state index contributed by atoms with van der Waals surface area (Å²) >= 11 is 9.44. The maximum atomic E-state index is 13.7. The van der Waals surface area contributed by atoms with Gasteiger partial charge in [-0.1, -0.05) is 33.6 Å². The van der Waals surface area contributed by atoms with Gasteiger partial charge in [0.1, 0.15) is 18.2 Å². The molecule has 20 heavy (non-hydrogen) atoms. The van der Waals surface area contributed by atoms with Gasteiger partial charge in [-0.2, -0.15) is 0 Å². The van der Waals surface area contributed by atoms with Crippen molar-refractivity contribution in [2.45, 2.75) is 13.0 Å². The van der Waals surface area contributed by atoms with Crippen molar-refractivity contribution >= 4 is 27.5 Å². The van der Waals surface area contributed by atoms with Gasteiger partial charge in [0.05, 0.1) is 0 Å². The van der Waals surface area contributed by atoms with Gasteiger partial charge in [0.15, 0.2) is 0 Å². The molecule has 0 aliphatic heterocycles. The Morgan fingerprint density at radius 1 is 1.25 bits per heavy atom. The number of ether oxygens (including phenoxy) is 1. The van der Waals surface area contributed by atoms with Crippen LogP contribution in [0.15, 0.2) is 40.9 Å². The highest BCUT2D eigenvalue weighted by Gasteiger charge is 2.09. The van der Waals surface area contributed by atoms with Crippen molar-refractivity contribution in [1.29, 1.82) is 0 Å². The van der Waals surface area contributed by atoms with Gasteiger partial charge >= 0.3 is 0 Å². The van der Waals surface area contributed by atoms with E-state index in [1.165, 1.54) is 6.07 Å². The molecule has 2 aromatic rings. The molecule has 2 N–H and O–H groups in total. The minimum absolute atomic E-state index is 0.142. The highest BCUT2D eigenvalue weighted by molar-refractivity contribution is 9.10. The molecular weight excluding hydrogens is 345 g/mol. The minimum atomic E-state index is -0.296. The van der Waals surface area contributed by atoms with Crippen LogP contribution in [0.3, 0.4) is 0 Å². The van der Waals surface area contributed by atoms with Crippen molar-refractivity contribution in [3.8, 4) is 5.75 Å². The number of rotatable bonds is 5. The first-order valence-corrected chi connectivity index (χ1v) is 7.33. The Labute approximate surface area is 130 Å². The van der Waals surface area contributed by atoms with E-state index < -0.39 is 0 Å². The first-order valence-electron chi connectivity index (χ1n) is 6.16. The van der Waals surface area contributed by atoms with Gasteiger partial charge in [-0.25, -0.2) is 4.39 Å². The quantitative estimate of drug-likeness (QED) is 0.864. The maximum absolute atomic E-state index is 13.7. The highest BCUT2D eigenvalue weighted by Crippen LogP contribution is 2.28. The molecule has 2 nitrogen and oxygen atoms in total. The van der Waals surface area contributed by atoms with Crippen LogP contribution in [0.1, 0.15) is 11.1 Å². The third-order valence-electron chi connectivity index (χ3n) is 2.86. The smallest absolute Gasteiger partial charge is 0.129 e. The summed E-state index contributed by atoms with van der Waals surface area (Å²) in [6.07, 6.45) is 0.621. The van der Waals surface area contributed by atoms with Gasteiger partial charge in [0, 0.05) is 20.6 Å². The summed E-state index contributed by atoms with van der Waals surface area (Å²) in [4.78, 5) is 0. The van der Waals surface area contributed by atoms with Crippen LogP contribution >= 0.6 is 27.5 Å². The SMILES string of the molecule is NCCc1c(Cl)cccc1OCc1cc(Br)ccc1F. The van der Waals surface area contributed by atoms with Gasteiger partial charge < -0.3 is 10.5 Å². The van der Waals surface area contributed by atoms with Crippen molar-refractivity contribution < 1.29 is 9.13 Å². The molecule has 5 heteroatoms. The molecule has 0 saturated heterocycles. The van der Waals surface area contributed by atoms with Crippen LogP contribution in [0, 0.1) is 5.82 Å². The average Bonchev–Trinajstić information content (AvgIpc) is 2.43. The molecule has 0 aliphatic carbocycles. The van der Waals surface area contributed by atoms with Crippen LogP contribution in [-0.4, -0.2) is 6.54 Å². The van der Waals surface area contributed by atoms with Gasteiger partial charge in [-0.3, -0.25) is 0 Å². The topological polar surface area (TPSA) is 35.2 Å². The third-order valence-corrected chi connectivity index (χ3v) is 3.71. The summed E-state index contributed by atoms with van der Waals surface area (Å²) < 4.78 is 20.2. The molecule has 0 amide bonds. The van der Waals surface area contributed by atoms with Crippen molar-refractivity contribution in [2.75, 3.05) is 6.54 Å². The maximum Gasteiger partial charge on any atom is 0.129 e. The van der Waals surface area contributed by atoms with Crippen LogP contribution in [-0.2, 0) is 13.0 Å². The van der Waals surface area contributed by atoms with Crippen molar-refractivity contribution in [1.82, 2.24) is 0 Å². The normalized spacial score (nSPS) is 10.6. The lowest BCUT2D eigenvalue weighted by molar-refractivity contribution is 0.296. The van der Waals surface area contributed by atoms with Crippen molar-refractivity contribution in [2.24, 2.45) is 5.73 Å². The predicted octanol–water partition coefficient (Wildman–Crippen LogP) is 4.32. The molecule has 0 spiro atoms. The molecule has 0 aromatic heterocycles. The second kappa shape index (κ2) is 7.07. The van der Waals surface area contributed by atoms with E-state index in [-0.39, 0.29) is 12.4 Å². The zero-order valence-corrected chi connectivity index (χ0v) is 13.0. The van der Waals surface area contributed by atoms with Crippen molar-refractivity contribution in [3.63, 3.8) is 0 Å². The summed E-state index contributed by atoms with van der Waals surface area (Å²) in [5.74, 6) is 0.345. The Balaban J connectivity index is 2.18. The molecule has 2 aromatic carbocycles. The van der Waals surface area contributed by atoms with Gasteiger partial charge in [-0.05, 0) is 43.3 Å². The molecule has 0 saturated carbocycles.